The van der Waals surface area contributed by atoms with Crippen molar-refractivity contribution in [1.82, 2.24) is 0 Å². The van der Waals surface area contributed by atoms with Crippen molar-refractivity contribution in [2.24, 2.45) is 0 Å². The van der Waals surface area contributed by atoms with E-state index in [9.17, 15) is 0 Å². The van der Waals surface area contributed by atoms with Crippen LogP contribution in [0.25, 0.3) is 0 Å². The van der Waals surface area contributed by atoms with Crippen LogP contribution in [0.3, 0.4) is 0 Å². The summed E-state index contributed by atoms with van der Waals surface area (Å²) in [6.07, 6.45) is 0. The van der Waals surface area contributed by atoms with Crippen LogP contribution in [0.2, 0.25) is 0 Å². The number of rotatable bonds is 5. The number of hydrogen-bond acceptors (Lipinski definition) is 3. The van der Waals surface area contributed by atoms with Crippen molar-refractivity contribution < 1.29 is 9.47 Å². The Balaban J connectivity index is 2.04. The molecule has 0 aliphatic heterocycles. The van der Waals surface area contributed by atoms with E-state index in [4.69, 9.17) is 9.47 Å². The molecule has 19 heavy (non-hydrogen) atoms. The average Bonchev–Trinajstić information content (AvgIpc) is 2.48. The molecule has 100 valence electrons. The van der Waals surface area contributed by atoms with E-state index in [0.29, 0.717) is 5.25 Å². The van der Waals surface area contributed by atoms with Gasteiger partial charge in [-0.2, -0.15) is 0 Å². The van der Waals surface area contributed by atoms with Crippen LogP contribution in [0.15, 0.2) is 53.4 Å². The SMILES string of the molecule is COc1ccc(S[C@H](C)c2ccc(OC)cc2)cc1. The fourth-order valence-electron chi connectivity index (χ4n) is 1.80. The highest BCUT2D eigenvalue weighted by molar-refractivity contribution is 7.99. The van der Waals surface area contributed by atoms with Gasteiger partial charge in [-0.05, 0) is 48.9 Å². The third-order valence-electron chi connectivity index (χ3n) is 2.96. The highest BCUT2D eigenvalue weighted by Gasteiger charge is 2.07. The maximum atomic E-state index is 5.17. The van der Waals surface area contributed by atoms with Crippen LogP contribution in [0.1, 0.15) is 17.7 Å². The minimum atomic E-state index is 0.402. The van der Waals surface area contributed by atoms with Gasteiger partial charge in [0.15, 0.2) is 0 Å². The van der Waals surface area contributed by atoms with Gasteiger partial charge in [0.05, 0.1) is 14.2 Å². The quantitative estimate of drug-likeness (QED) is 0.745. The fraction of sp³-hybridized carbons (Fsp3) is 0.250. The van der Waals surface area contributed by atoms with Crippen molar-refractivity contribution in [2.75, 3.05) is 14.2 Å². The molecule has 3 heteroatoms. The Morgan fingerprint density at radius 1 is 0.789 bits per heavy atom. The number of ether oxygens (including phenoxy) is 2. The van der Waals surface area contributed by atoms with Gasteiger partial charge in [0.25, 0.3) is 0 Å². The van der Waals surface area contributed by atoms with Gasteiger partial charge in [-0.1, -0.05) is 12.1 Å². The largest absolute Gasteiger partial charge is 0.497 e. The molecule has 0 aliphatic rings. The van der Waals surface area contributed by atoms with Crippen molar-refractivity contribution in [3.05, 3.63) is 54.1 Å². The lowest BCUT2D eigenvalue weighted by atomic mass is 10.2. The smallest absolute Gasteiger partial charge is 0.118 e. The molecule has 0 saturated heterocycles. The van der Waals surface area contributed by atoms with Crippen LogP contribution in [-0.2, 0) is 0 Å². The van der Waals surface area contributed by atoms with E-state index in [-0.39, 0.29) is 0 Å². The van der Waals surface area contributed by atoms with Crippen LogP contribution in [0, 0.1) is 0 Å². The summed E-state index contributed by atoms with van der Waals surface area (Å²) in [4.78, 5) is 1.24. The molecule has 0 unspecified atom stereocenters. The van der Waals surface area contributed by atoms with Crippen LogP contribution in [0.5, 0.6) is 11.5 Å². The van der Waals surface area contributed by atoms with Crippen LogP contribution in [-0.4, -0.2) is 14.2 Å². The summed E-state index contributed by atoms with van der Waals surface area (Å²) < 4.78 is 10.3. The molecule has 0 heterocycles. The minimum absolute atomic E-state index is 0.402. The molecule has 0 amide bonds. The highest BCUT2D eigenvalue weighted by atomic mass is 32.2. The number of hydrogen-bond donors (Lipinski definition) is 0. The maximum absolute atomic E-state index is 5.17. The molecular weight excluding hydrogens is 256 g/mol. The predicted octanol–water partition coefficient (Wildman–Crippen LogP) is 4.56. The summed E-state index contributed by atoms with van der Waals surface area (Å²) in [6.45, 7) is 2.21. The molecule has 1 atom stereocenters. The first-order valence-electron chi connectivity index (χ1n) is 6.17. The Morgan fingerprint density at radius 2 is 1.26 bits per heavy atom. The monoisotopic (exact) mass is 274 g/mol. The predicted molar refractivity (Wildman–Crippen MR) is 80.3 cm³/mol. The van der Waals surface area contributed by atoms with Crippen molar-refractivity contribution in [3.63, 3.8) is 0 Å². The molecule has 0 saturated carbocycles. The lowest BCUT2D eigenvalue weighted by molar-refractivity contribution is 0.414. The number of thioether (sulfide) groups is 1. The second-order valence-corrected chi connectivity index (χ2v) is 5.62. The van der Waals surface area contributed by atoms with Gasteiger partial charge >= 0.3 is 0 Å². The second-order valence-electron chi connectivity index (χ2n) is 4.21. The Kier molecular flexibility index (Phi) is 4.74. The molecule has 2 nitrogen and oxygen atoms in total. The van der Waals surface area contributed by atoms with Gasteiger partial charge < -0.3 is 9.47 Å². The van der Waals surface area contributed by atoms with Crippen molar-refractivity contribution in [1.29, 1.82) is 0 Å². The van der Waals surface area contributed by atoms with Crippen molar-refractivity contribution in [2.45, 2.75) is 17.1 Å². The number of methoxy groups -OCH3 is 2. The zero-order valence-corrected chi connectivity index (χ0v) is 12.2. The molecular formula is C16H18O2S. The first-order valence-corrected chi connectivity index (χ1v) is 7.05. The lowest BCUT2D eigenvalue weighted by Crippen LogP contribution is -1.89. The van der Waals surface area contributed by atoms with Gasteiger partial charge in [0.1, 0.15) is 11.5 Å². The highest BCUT2D eigenvalue weighted by Crippen LogP contribution is 2.35. The standard InChI is InChI=1S/C16H18O2S/c1-12(13-4-6-14(17-2)7-5-13)19-16-10-8-15(18-3)9-11-16/h4-12H,1-3H3/t12-/m1/s1. The summed E-state index contributed by atoms with van der Waals surface area (Å²) in [5.74, 6) is 1.78. The Bertz CT molecular complexity index is 505. The maximum Gasteiger partial charge on any atom is 0.118 e. The number of benzene rings is 2. The molecule has 0 bridgehead atoms. The topological polar surface area (TPSA) is 18.5 Å². The van der Waals surface area contributed by atoms with Gasteiger partial charge in [-0.15, -0.1) is 11.8 Å². The molecule has 2 aromatic rings. The van der Waals surface area contributed by atoms with Gasteiger partial charge in [-0.25, -0.2) is 0 Å². The molecule has 0 fully saturated rings. The van der Waals surface area contributed by atoms with E-state index in [1.165, 1.54) is 10.5 Å². The summed E-state index contributed by atoms with van der Waals surface area (Å²) in [5, 5.41) is 0.402. The summed E-state index contributed by atoms with van der Waals surface area (Å²) in [7, 11) is 3.37. The van der Waals surface area contributed by atoms with E-state index in [2.05, 4.69) is 31.2 Å². The molecule has 0 spiro atoms. The molecule has 2 rings (SSSR count). The first kappa shape index (κ1) is 13.8. The van der Waals surface area contributed by atoms with Gasteiger partial charge in [0, 0.05) is 10.1 Å². The fourth-order valence-corrected chi connectivity index (χ4v) is 2.80. The van der Waals surface area contributed by atoms with E-state index in [1.54, 1.807) is 14.2 Å². The summed E-state index contributed by atoms with van der Waals surface area (Å²) >= 11 is 1.83. The Hall–Kier alpha value is -1.61. The lowest BCUT2D eigenvalue weighted by Gasteiger charge is -2.12. The normalized spacial score (nSPS) is 11.9. The van der Waals surface area contributed by atoms with Crippen LogP contribution >= 0.6 is 11.8 Å². The van der Waals surface area contributed by atoms with Crippen molar-refractivity contribution in [3.8, 4) is 11.5 Å². The Morgan fingerprint density at radius 3 is 1.74 bits per heavy atom. The average molecular weight is 274 g/mol. The Labute approximate surface area is 118 Å². The van der Waals surface area contributed by atoms with E-state index in [1.807, 2.05) is 36.0 Å². The van der Waals surface area contributed by atoms with Crippen molar-refractivity contribution >= 4 is 11.8 Å². The van der Waals surface area contributed by atoms with E-state index >= 15 is 0 Å². The van der Waals surface area contributed by atoms with Crippen LogP contribution in [0.4, 0.5) is 0 Å². The third kappa shape index (κ3) is 3.67. The van der Waals surface area contributed by atoms with E-state index in [0.717, 1.165) is 11.5 Å². The molecule has 0 radical (unpaired) electrons. The van der Waals surface area contributed by atoms with Gasteiger partial charge in [-0.3, -0.25) is 0 Å². The minimum Gasteiger partial charge on any atom is -0.497 e. The van der Waals surface area contributed by atoms with E-state index < -0.39 is 0 Å². The summed E-state index contributed by atoms with van der Waals surface area (Å²) in [6, 6.07) is 16.4. The second kappa shape index (κ2) is 6.53. The molecule has 0 aliphatic carbocycles. The zero-order valence-electron chi connectivity index (χ0n) is 11.4. The molecule has 0 N–H and O–H groups in total. The molecule has 0 aromatic heterocycles. The van der Waals surface area contributed by atoms with Gasteiger partial charge in [0.2, 0.25) is 0 Å². The van der Waals surface area contributed by atoms with Crippen LogP contribution < -0.4 is 9.47 Å². The zero-order chi connectivity index (χ0) is 13.7. The third-order valence-corrected chi connectivity index (χ3v) is 4.13. The molecule has 2 aromatic carbocycles. The first-order chi connectivity index (χ1) is 9.22. The summed E-state index contributed by atoms with van der Waals surface area (Å²) in [5.41, 5.74) is 1.29.